The molecular formula is C25H25N3O4. The van der Waals surface area contributed by atoms with Crippen molar-refractivity contribution in [2.75, 3.05) is 17.3 Å². The number of carbonyl (C=O) groups excluding carboxylic acids is 2. The van der Waals surface area contributed by atoms with Crippen LogP contribution in [0.15, 0.2) is 64.1 Å². The molecule has 1 aliphatic carbocycles. The fourth-order valence-corrected chi connectivity index (χ4v) is 3.80. The maximum Gasteiger partial charge on any atom is 0.340 e. The quantitative estimate of drug-likeness (QED) is 0.415. The van der Waals surface area contributed by atoms with Gasteiger partial charge < -0.3 is 14.5 Å². The normalized spacial score (nSPS) is 14.0. The predicted octanol–water partition coefficient (Wildman–Crippen LogP) is 5.17. The van der Waals surface area contributed by atoms with Gasteiger partial charge in [0, 0.05) is 17.5 Å². The molecule has 0 aliphatic heterocycles. The van der Waals surface area contributed by atoms with Gasteiger partial charge in [-0.2, -0.15) is 5.10 Å². The first-order valence-electron chi connectivity index (χ1n) is 10.7. The van der Waals surface area contributed by atoms with Gasteiger partial charge in [0.05, 0.1) is 29.3 Å². The van der Waals surface area contributed by atoms with E-state index in [1.807, 2.05) is 37.3 Å². The second-order valence-corrected chi connectivity index (χ2v) is 7.46. The van der Waals surface area contributed by atoms with Crippen LogP contribution in [-0.4, -0.2) is 24.2 Å². The Labute approximate surface area is 186 Å². The van der Waals surface area contributed by atoms with Gasteiger partial charge in [-0.05, 0) is 51.0 Å². The molecule has 7 nitrogen and oxygen atoms in total. The lowest BCUT2D eigenvalue weighted by molar-refractivity contribution is 0.0527. The summed E-state index contributed by atoms with van der Waals surface area (Å²) < 4.78 is 11.1. The molecule has 0 radical (unpaired) electrons. The van der Waals surface area contributed by atoms with E-state index in [4.69, 9.17) is 9.15 Å². The molecule has 32 heavy (non-hydrogen) atoms. The van der Waals surface area contributed by atoms with Crippen LogP contribution in [0.3, 0.4) is 0 Å². The maximum absolute atomic E-state index is 13.1. The van der Waals surface area contributed by atoms with Crippen LogP contribution in [0.1, 0.15) is 57.6 Å². The predicted molar refractivity (Wildman–Crippen MR) is 123 cm³/mol. The van der Waals surface area contributed by atoms with E-state index in [-0.39, 0.29) is 12.4 Å². The minimum Gasteiger partial charge on any atom is -0.462 e. The molecule has 1 aliphatic rings. The van der Waals surface area contributed by atoms with E-state index in [1.54, 1.807) is 31.2 Å². The van der Waals surface area contributed by atoms with Crippen molar-refractivity contribution >= 4 is 29.0 Å². The van der Waals surface area contributed by atoms with Crippen molar-refractivity contribution in [1.29, 1.82) is 0 Å². The number of benzene rings is 2. The Hall–Kier alpha value is -3.87. The highest BCUT2D eigenvalue weighted by molar-refractivity contribution is 6.10. The number of aryl methyl sites for hydroxylation is 1. The summed E-state index contributed by atoms with van der Waals surface area (Å²) in [5.41, 5.74) is 7.13. The molecule has 0 fully saturated rings. The summed E-state index contributed by atoms with van der Waals surface area (Å²) >= 11 is 0. The largest absolute Gasteiger partial charge is 0.462 e. The monoisotopic (exact) mass is 431 g/mol. The molecule has 1 amide bonds. The molecule has 0 atom stereocenters. The number of amides is 1. The summed E-state index contributed by atoms with van der Waals surface area (Å²) in [6, 6.07) is 16.5. The van der Waals surface area contributed by atoms with E-state index in [1.165, 1.54) is 0 Å². The number of rotatable bonds is 6. The van der Waals surface area contributed by atoms with Crippen molar-refractivity contribution in [3.05, 3.63) is 82.8 Å². The van der Waals surface area contributed by atoms with Crippen LogP contribution < -0.4 is 10.7 Å². The van der Waals surface area contributed by atoms with Gasteiger partial charge in [-0.25, -0.2) is 4.79 Å². The zero-order valence-electron chi connectivity index (χ0n) is 18.1. The van der Waals surface area contributed by atoms with Crippen molar-refractivity contribution < 1.29 is 18.7 Å². The smallest absolute Gasteiger partial charge is 0.340 e. The van der Waals surface area contributed by atoms with Crippen LogP contribution in [0.5, 0.6) is 0 Å². The van der Waals surface area contributed by atoms with E-state index >= 15 is 0 Å². The highest BCUT2D eigenvalue weighted by atomic mass is 16.5. The topological polar surface area (TPSA) is 92.9 Å². The minimum absolute atomic E-state index is 0.225. The van der Waals surface area contributed by atoms with Crippen molar-refractivity contribution in [1.82, 2.24) is 0 Å². The zero-order chi connectivity index (χ0) is 22.5. The number of hydrazone groups is 1. The number of esters is 1. The van der Waals surface area contributed by atoms with Crippen molar-refractivity contribution in [3.8, 4) is 0 Å². The number of para-hydroxylation sites is 2. The molecular weight excluding hydrogens is 406 g/mol. The Morgan fingerprint density at radius 2 is 1.81 bits per heavy atom. The summed E-state index contributed by atoms with van der Waals surface area (Å²) in [5, 5.41) is 7.38. The number of nitrogens with one attached hydrogen (secondary N) is 2. The number of furan rings is 1. The van der Waals surface area contributed by atoms with Crippen LogP contribution in [-0.2, 0) is 11.2 Å². The Kier molecular flexibility index (Phi) is 6.35. The van der Waals surface area contributed by atoms with Crippen molar-refractivity contribution in [3.63, 3.8) is 0 Å². The number of fused-ring (bicyclic) bond motifs is 1. The van der Waals surface area contributed by atoms with Crippen LogP contribution in [0.4, 0.5) is 11.4 Å². The van der Waals surface area contributed by atoms with E-state index in [2.05, 4.69) is 15.8 Å². The molecule has 0 unspecified atom stereocenters. The zero-order valence-corrected chi connectivity index (χ0v) is 18.1. The summed E-state index contributed by atoms with van der Waals surface area (Å²) in [6.45, 7) is 3.85. The third-order valence-corrected chi connectivity index (χ3v) is 5.30. The first kappa shape index (κ1) is 21.4. The van der Waals surface area contributed by atoms with Gasteiger partial charge in [-0.15, -0.1) is 0 Å². The van der Waals surface area contributed by atoms with Crippen LogP contribution >= 0.6 is 0 Å². The first-order valence-corrected chi connectivity index (χ1v) is 10.7. The van der Waals surface area contributed by atoms with Gasteiger partial charge in [-0.3, -0.25) is 10.2 Å². The third kappa shape index (κ3) is 4.42. The Balaban J connectivity index is 1.60. The molecule has 0 saturated carbocycles. The molecule has 2 aromatic carbocycles. The Morgan fingerprint density at radius 3 is 2.59 bits per heavy atom. The lowest BCUT2D eigenvalue weighted by atomic mass is 9.93. The van der Waals surface area contributed by atoms with Gasteiger partial charge in [-0.1, -0.05) is 30.3 Å². The van der Waals surface area contributed by atoms with Gasteiger partial charge in [0.25, 0.3) is 5.91 Å². The number of anilines is 2. The van der Waals surface area contributed by atoms with Gasteiger partial charge in [0.1, 0.15) is 5.76 Å². The lowest BCUT2D eigenvalue weighted by Crippen LogP contribution is -2.16. The number of hydrogen-bond donors (Lipinski definition) is 2. The Bertz CT molecular complexity index is 1170. The summed E-state index contributed by atoms with van der Waals surface area (Å²) in [6.07, 6.45) is 2.43. The van der Waals surface area contributed by atoms with Crippen LogP contribution in [0.2, 0.25) is 0 Å². The molecule has 0 saturated heterocycles. The number of ether oxygens (including phenoxy) is 1. The molecule has 0 bridgehead atoms. The SMILES string of the molecule is CCOC(=O)c1ccccc1NC(=O)c1oc2c(c1C)/C(=N/Nc1ccccc1)CCC2. The lowest BCUT2D eigenvalue weighted by Gasteiger charge is -2.13. The summed E-state index contributed by atoms with van der Waals surface area (Å²) in [4.78, 5) is 25.3. The second kappa shape index (κ2) is 9.51. The van der Waals surface area contributed by atoms with Gasteiger partial charge in [0.2, 0.25) is 0 Å². The first-order chi connectivity index (χ1) is 15.6. The average molecular weight is 431 g/mol. The summed E-state index contributed by atoms with van der Waals surface area (Å²) in [7, 11) is 0. The third-order valence-electron chi connectivity index (χ3n) is 5.30. The van der Waals surface area contributed by atoms with E-state index < -0.39 is 11.9 Å². The molecule has 7 heteroatoms. The highest BCUT2D eigenvalue weighted by Gasteiger charge is 2.28. The Morgan fingerprint density at radius 1 is 1.06 bits per heavy atom. The van der Waals surface area contributed by atoms with Gasteiger partial charge in [0.15, 0.2) is 5.76 Å². The molecule has 2 N–H and O–H groups in total. The molecule has 3 aromatic rings. The van der Waals surface area contributed by atoms with E-state index in [0.717, 1.165) is 47.5 Å². The van der Waals surface area contributed by atoms with Gasteiger partial charge >= 0.3 is 5.97 Å². The molecule has 1 heterocycles. The molecule has 0 spiro atoms. The fourth-order valence-electron chi connectivity index (χ4n) is 3.80. The van der Waals surface area contributed by atoms with E-state index in [9.17, 15) is 9.59 Å². The summed E-state index contributed by atoms with van der Waals surface area (Å²) in [5.74, 6) is 0.0819. The second-order valence-electron chi connectivity index (χ2n) is 7.46. The minimum atomic E-state index is -0.486. The van der Waals surface area contributed by atoms with E-state index in [0.29, 0.717) is 11.3 Å². The molecule has 164 valence electrons. The number of nitrogens with zero attached hydrogens (tertiary/aromatic N) is 1. The highest BCUT2D eigenvalue weighted by Crippen LogP contribution is 2.31. The van der Waals surface area contributed by atoms with Crippen molar-refractivity contribution in [2.45, 2.75) is 33.1 Å². The standard InChI is InChI=1S/C25H25N3O4/c1-3-31-25(30)18-12-7-8-13-19(18)26-24(29)23-16(2)22-20(14-9-15-21(22)32-23)28-27-17-10-5-4-6-11-17/h4-8,10-13,27H,3,9,14-15H2,1-2H3,(H,26,29)/b28-20+. The van der Waals surface area contributed by atoms with Crippen molar-refractivity contribution in [2.24, 2.45) is 5.10 Å². The molecule has 4 rings (SSSR count). The number of hydrogen-bond acceptors (Lipinski definition) is 6. The average Bonchev–Trinajstić information content (AvgIpc) is 3.16. The van der Waals surface area contributed by atoms with Crippen LogP contribution in [0, 0.1) is 6.92 Å². The molecule has 1 aromatic heterocycles. The van der Waals surface area contributed by atoms with Crippen LogP contribution in [0.25, 0.3) is 0 Å². The maximum atomic E-state index is 13.1. The number of carbonyl (C=O) groups is 2. The fraction of sp³-hybridized carbons (Fsp3) is 0.240.